The third-order valence-corrected chi connectivity index (χ3v) is 4.71. The van der Waals surface area contributed by atoms with Gasteiger partial charge in [-0.05, 0) is 33.6 Å². The SMILES string of the molecule is C=CCCC(NS(=O)C(C)(C)C)c1cncc(F)c1Cl. The summed E-state index contributed by atoms with van der Waals surface area (Å²) in [6, 6.07) is -0.330. The molecule has 6 heteroatoms. The van der Waals surface area contributed by atoms with E-state index < -0.39 is 21.5 Å². The molecule has 1 heterocycles. The second-order valence-corrected chi connectivity index (χ2v) is 7.82. The summed E-state index contributed by atoms with van der Waals surface area (Å²) >= 11 is 5.98. The van der Waals surface area contributed by atoms with Crippen LogP contribution < -0.4 is 4.72 Å². The second-order valence-electron chi connectivity index (χ2n) is 5.44. The van der Waals surface area contributed by atoms with Crippen LogP contribution in [0.2, 0.25) is 5.02 Å². The van der Waals surface area contributed by atoms with Crippen LogP contribution in [0, 0.1) is 5.82 Å². The molecule has 2 atom stereocenters. The lowest BCUT2D eigenvalue weighted by atomic mass is 10.0. The van der Waals surface area contributed by atoms with Crippen molar-refractivity contribution in [3.05, 3.63) is 41.5 Å². The average Bonchev–Trinajstić information content (AvgIpc) is 2.36. The fraction of sp³-hybridized carbons (Fsp3) is 0.500. The zero-order valence-electron chi connectivity index (χ0n) is 12.0. The van der Waals surface area contributed by atoms with Crippen LogP contribution in [0.4, 0.5) is 4.39 Å². The highest BCUT2D eigenvalue weighted by Gasteiger charge is 2.25. The molecular formula is C14H20ClFN2OS. The minimum Gasteiger partial charge on any atom is -0.261 e. The molecule has 1 aromatic heterocycles. The highest BCUT2D eigenvalue weighted by Crippen LogP contribution is 2.29. The highest BCUT2D eigenvalue weighted by molar-refractivity contribution is 7.84. The topological polar surface area (TPSA) is 42.0 Å². The summed E-state index contributed by atoms with van der Waals surface area (Å²) in [5, 5.41) is 0.0208. The molecule has 0 aromatic carbocycles. The van der Waals surface area contributed by atoms with Crippen LogP contribution in [0.5, 0.6) is 0 Å². The van der Waals surface area contributed by atoms with Gasteiger partial charge in [0.15, 0.2) is 5.82 Å². The number of nitrogens with zero attached hydrogens (tertiary/aromatic N) is 1. The van der Waals surface area contributed by atoms with Gasteiger partial charge in [-0.15, -0.1) is 6.58 Å². The van der Waals surface area contributed by atoms with Crippen LogP contribution in [0.15, 0.2) is 25.0 Å². The lowest BCUT2D eigenvalue weighted by Gasteiger charge is -2.24. The van der Waals surface area contributed by atoms with E-state index in [1.807, 2.05) is 20.8 Å². The molecule has 0 aliphatic rings. The van der Waals surface area contributed by atoms with Gasteiger partial charge in [0.05, 0.1) is 27.0 Å². The lowest BCUT2D eigenvalue weighted by molar-refractivity contribution is 0.564. The summed E-state index contributed by atoms with van der Waals surface area (Å²) < 4.78 is 28.3. The van der Waals surface area contributed by atoms with Crippen molar-refractivity contribution < 1.29 is 8.60 Å². The molecule has 1 rings (SSSR count). The van der Waals surface area contributed by atoms with Gasteiger partial charge in [-0.1, -0.05) is 17.7 Å². The van der Waals surface area contributed by atoms with E-state index in [1.54, 1.807) is 6.08 Å². The minimum absolute atomic E-state index is 0.0208. The first-order chi connectivity index (χ1) is 9.27. The van der Waals surface area contributed by atoms with Gasteiger partial charge in [-0.2, -0.15) is 0 Å². The molecule has 1 aromatic rings. The second kappa shape index (κ2) is 7.29. The molecule has 0 spiro atoms. The third kappa shape index (κ3) is 4.65. The van der Waals surface area contributed by atoms with Gasteiger partial charge < -0.3 is 0 Å². The molecule has 3 nitrogen and oxygen atoms in total. The Morgan fingerprint density at radius 1 is 1.55 bits per heavy atom. The Bertz CT molecular complexity index is 502. The fourth-order valence-corrected chi connectivity index (χ4v) is 2.63. The largest absolute Gasteiger partial charge is 0.261 e. The van der Waals surface area contributed by atoms with Crippen LogP contribution in [0.3, 0.4) is 0 Å². The molecule has 0 bridgehead atoms. The summed E-state index contributed by atoms with van der Waals surface area (Å²) in [5.74, 6) is -0.573. The van der Waals surface area contributed by atoms with Gasteiger partial charge >= 0.3 is 0 Å². The maximum Gasteiger partial charge on any atom is 0.160 e. The van der Waals surface area contributed by atoms with Crippen molar-refractivity contribution >= 4 is 22.6 Å². The molecule has 20 heavy (non-hydrogen) atoms. The lowest BCUT2D eigenvalue weighted by Crippen LogP contribution is -2.36. The summed E-state index contributed by atoms with van der Waals surface area (Å²) in [7, 11) is -1.28. The normalized spacial score (nSPS) is 14.8. The Morgan fingerprint density at radius 3 is 2.75 bits per heavy atom. The number of rotatable bonds is 6. The van der Waals surface area contributed by atoms with Crippen LogP contribution in [0.25, 0.3) is 0 Å². The molecule has 0 saturated heterocycles. The van der Waals surface area contributed by atoms with Gasteiger partial charge in [-0.25, -0.2) is 13.3 Å². The molecular weight excluding hydrogens is 299 g/mol. The standard InChI is InChI=1S/C14H20ClFN2OS/c1-5-6-7-12(18-20(19)14(2,3)4)10-8-17-9-11(16)13(10)15/h5,8-9,12,18H,1,6-7H2,2-4H3. The zero-order valence-corrected chi connectivity index (χ0v) is 13.5. The average molecular weight is 319 g/mol. The Morgan fingerprint density at radius 2 is 2.20 bits per heavy atom. The van der Waals surface area contributed by atoms with E-state index in [9.17, 15) is 8.60 Å². The number of halogens is 2. The molecule has 0 radical (unpaired) electrons. The van der Waals surface area contributed by atoms with Crippen molar-refractivity contribution in [2.24, 2.45) is 0 Å². The number of allylic oxidation sites excluding steroid dienone is 1. The third-order valence-electron chi connectivity index (χ3n) is 2.70. The van der Waals surface area contributed by atoms with E-state index in [0.29, 0.717) is 18.4 Å². The maximum absolute atomic E-state index is 13.5. The van der Waals surface area contributed by atoms with Crippen LogP contribution >= 0.6 is 11.6 Å². The van der Waals surface area contributed by atoms with Gasteiger partial charge in [0.1, 0.15) is 0 Å². The molecule has 0 aliphatic carbocycles. The minimum atomic E-state index is -1.28. The Hall–Kier alpha value is -0.780. The van der Waals surface area contributed by atoms with Crippen LogP contribution in [-0.4, -0.2) is 13.9 Å². The summed E-state index contributed by atoms with van der Waals surface area (Å²) in [5.41, 5.74) is 0.520. The van der Waals surface area contributed by atoms with Gasteiger partial charge in [0.25, 0.3) is 0 Å². The van der Waals surface area contributed by atoms with Gasteiger partial charge in [-0.3, -0.25) is 4.98 Å². The van der Waals surface area contributed by atoms with Crippen molar-refractivity contribution in [3.8, 4) is 0 Å². The van der Waals surface area contributed by atoms with Crippen molar-refractivity contribution in [2.45, 2.75) is 44.4 Å². The van der Waals surface area contributed by atoms with E-state index in [-0.39, 0.29) is 11.1 Å². The van der Waals surface area contributed by atoms with Crippen molar-refractivity contribution in [1.82, 2.24) is 9.71 Å². The number of hydrogen-bond donors (Lipinski definition) is 1. The van der Waals surface area contributed by atoms with E-state index in [1.165, 1.54) is 6.20 Å². The fourth-order valence-electron chi connectivity index (χ4n) is 1.55. The van der Waals surface area contributed by atoms with Crippen molar-refractivity contribution in [2.75, 3.05) is 0 Å². The van der Waals surface area contributed by atoms with Crippen LogP contribution in [-0.2, 0) is 11.0 Å². The monoisotopic (exact) mass is 318 g/mol. The first-order valence-electron chi connectivity index (χ1n) is 6.35. The quantitative estimate of drug-likeness (QED) is 0.807. The predicted molar refractivity (Wildman–Crippen MR) is 82.4 cm³/mol. The summed E-state index contributed by atoms with van der Waals surface area (Å²) in [6.45, 7) is 9.27. The van der Waals surface area contributed by atoms with Crippen molar-refractivity contribution in [3.63, 3.8) is 0 Å². The predicted octanol–water partition coefficient (Wildman–Crippen LogP) is 3.93. The van der Waals surface area contributed by atoms with Crippen molar-refractivity contribution in [1.29, 1.82) is 0 Å². The summed E-state index contributed by atoms with van der Waals surface area (Å²) in [6.07, 6.45) is 5.65. The zero-order chi connectivity index (χ0) is 15.3. The maximum atomic E-state index is 13.5. The first-order valence-corrected chi connectivity index (χ1v) is 7.88. The Balaban J connectivity index is 3.03. The number of aromatic nitrogens is 1. The molecule has 0 aliphatic heterocycles. The van der Waals surface area contributed by atoms with E-state index in [4.69, 9.17) is 11.6 Å². The van der Waals surface area contributed by atoms with Gasteiger partial charge in [0, 0.05) is 17.8 Å². The first kappa shape index (κ1) is 17.3. The highest BCUT2D eigenvalue weighted by atomic mass is 35.5. The van der Waals surface area contributed by atoms with E-state index >= 15 is 0 Å². The number of pyridine rings is 1. The number of nitrogens with one attached hydrogen (secondary N) is 1. The molecule has 1 N–H and O–H groups in total. The Kier molecular flexibility index (Phi) is 6.30. The number of hydrogen-bond acceptors (Lipinski definition) is 2. The molecule has 0 amide bonds. The van der Waals surface area contributed by atoms with Gasteiger partial charge in [0.2, 0.25) is 0 Å². The van der Waals surface area contributed by atoms with E-state index in [2.05, 4.69) is 16.3 Å². The molecule has 0 saturated carbocycles. The Labute approximate surface area is 127 Å². The smallest absolute Gasteiger partial charge is 0.160 e. The summed E-state index contributed by atoms with van der Waals surface area (Å²) in [4.78, 5) is 3.82. The van der Waals surface area contributed by atoms with E-state index in [0.717, 1.165) is 6.20 Å². The molecule has 0 fully saturated rings. The van der Waals surface area contributed by atoms with Crippen LogP contribution in [0.1, 0.15) is 45.2 Å². The molecule has 112 valence electrons. The molecule has 2 unspecified atom stereocenters.